The summed E-state index contributed by atoms with van der Waals surface area (Å²) in [5.74, 6) is -1.10. The standard InChI is InChI=1S/C20H23ClN4O3/c21-16-4-6-17(7-5-16)23-19(26)13-15(20(27)28)14-24-9-11-25(12-10-24)18-3-1-2-8-22-18/h1-8,15H,9-14H2,(H,23,26)(H,27,28). The first-order valence-corrected chi connectivity index (χ1v) is 9.55. The number of hydrogen-bond acceptors (Lipinski definition) is 5. The smallest absolute Gasteiger partial charge is 0.308 e. The summed E-state index contributed by atoms with van der Waals surface area (Å²) in [4.78, 5) is 32.5. The lowest BCUT2D eigenvalue weighted by Gasteiger charge is -2.36. The lowest BCUT2D eigenvalue weighted by Crippen LogP contribution is -2.49. The Hall–Kier alpha value is -2.64. The summed E-state index contributed by atoms with van der Waals surface area (Å²) in [7, 11) is 0. The number of aliphatic carboxylic acids is 1. The average molecular weight is 403 g/mol. The molecule has 1 aromatic heterocycles. The normalized spacial score (nSPS) is 15.8. The average Bonchev–Trinajstić information content (AvgIpc) is 2.70. The molecular weight excluding hydrogens is 380 g/mol. The number of carboxylic acid groups (broad SMARTS) is 1. The number of carbonyl (C=O) groups excluding carboxylic acids is 1. The van der Waals surface area contributed by atoms with Crippen LogP contribution in [0.2, 0.25) is 5.02 Å². The number of nitrogens with zero attached hydrogens (tertiary/aromatic N) is 3. The Bertz CT molecular complexity index is 793. The molecule has 2 heterocycles. The highest BCUT2D eigenvalue weighted by atomic mass is 35.5. The van der Waals surface area contributed by atoms with Crippen molar-refractivity contribution in [1.29, 1.82) is 0 Å². The third kappa shape index (κ3) is 5.68. The minimum Gasteiger partial charge on any atom is -0.481 e. The summed E-state index contributed by atoms with van der Waals surface area (Å²) in [6.45, 7) is 3.37. The van der Waals surface area contributed by atoms with Crippen LogP contribution in [0.25, 0.3) is 0 Å². The fourth-order valence-corrected chi connectivity index (χ4v) is 3.34. The van der Waals surface area contributed by atoms with E-state index < -0.39 is 11.9 Å². The Kier molecular flexibility index (Phi) is 6.84. The molecule has 3 rings (SSSR count). The molecular formula is C20H23ClN4O3. The third-order valence-corrected chi connectivity index (χ3v) is 4.99. The Morgan fingerprint density at radius 3 is 2.43 bits per heavy atom. The molecule has 8 heteroatoms. The van der Waals surface area contributed by atoms with Gasteiger partial charge in [-0.15, -0.1) is 0 Å². The van der Waals surface area contributed by atoms with E-state index in [4.69, 9.17) is 11.6 Å². The maximum absolute atomic E-state index is 12.2. The highest BCUT2D eigenvalue weighted by Crippen LogP contribution is 2.17. The first-order valence-electron chi connectivity index (χ1n) is 9.18. The highest BCUT2D eigenvalue weighted by Gasteiger charge is 2.26. The fraction of sp³-hybridized carbons (Fsp3) is 0.350. The van der Waals surface area contributed by atoms with Crippen molar-refractivity contribution in [3.63, 3.8) is 0 Å². The van der Waals surface area contributed by atoms with Gasteiger partial charge in [0, 0.05) is 56.1 Å². The number of rotatable bonds is 7. The van der Waals surface area contributed by atoms with Gasteiger partial charge < -0.3 is 15.3 Å². The first kappa shape index (κ1) is 20.1. The van der Waals surface area contributed by atoms with Gasteiger partial charge in [-0.2, -0.15) is 0 Å². The van der Waals surface area contributed by atoms with Crippen molar-refractivity contribution in [3.05, 3.63) is 53.7 Å². The maximum atomic E-state index is 12.2. The molecule has 1 aliphatic heterocycles. The van der Waals surface area contributed by atoms with E-state index in [9.17, 15) is 14.7 Å². The minimum absolute atomic E-state index is 0.0710. The number of anilines is 2. The van der Waals surface area contributed by atoms with E-state index in [0.29, 0.717) is 17.3 Å². The third-order valence-electron chi connectivity index (χ3n) is 4.73. The number of benzene rings is 1. The number of amides is 1. The van der Waals surface area contributed by atoms with Crippen molar-refractivity contribution in [2.45, 2.75) is 6.42 Å². The predicted molar refractivity (Wildman–Crippen MR) is 109 cm³/mol. The Morgan fingerprint density at radius 1 is 1.11 bits per heavy atom. The van der Waals surface area contributed by atoms with Crippen LogP contribution in [0.4, 0.5) is 11.5 Å². The van der Waals surface area contributed by atoms with Gasteiger partial charge in [0.1, 0.15) is 5.82 Å². The zero-order chi connectivity index (χ0) is 19.9. The van der Waals surface area contributed by atoms with Crippen LogP contribution in [-0.2, 0) is 9.59 Å². The van der Waals surface area contributed by atoms with Crippen molar-refractivity contribution >= 4 is 35.0 Å². The number of nitrogens with one attached hydrogen (secondary N) is 1. The van der Waals surface area contributed by atoms with Crippen molar-refractivity contribution in [2.24, 2.45) is 5.92 Å². The van der Waals surface area contributed by atoms with Crippen LogP contribution >= 0.6 is 11.6 Å². The summed E-state index contributed by atoms with van der Waals surface area (Å²) in [6.07, 6.45) is 1.69. The van der Waals surface area contributed by atoms with Crippen molar-refractivity contribution in [1.82, 2.24) is 9.88 Å². The second kappa shape index (κ2) is 9.52. The number of pyridine rings is 1. The van der Waals surface area contributed by atoms with E-state index in [-0.39, 0.29) is 12.3 Å². The monoisotopic (exact) mass is 402 g/mol. The van der Waals surface area contributed by atoms with E-state index in [1.54, 1.807) is 30.5 Å². The van der Waals surface area contributed by atoms with Crippen LogP contribution in [0, 0.1) is 5.92 Å². The summed E-state index contributed by atoms with van der Waals surface area (Å²) in [5, 5.41) is 12.8. The van der Waals surface area contributed by atoms with Crippen LogP contribution in [0.1, 0.15) is 6.42 Å². The summed E-state index contributed by atoms with van der Waals surface area (Å²) in [5.41, 5.74) is 0.600. The minimum atomic E-state index is -0.960. The zero-order valence-electron chi connectivity index (χ0n) is 15.4. The molecule has 1 unspecified atom stereocenters. The van der Waals surface area contributed by atoms with E-state index in [1.807, 2.05) is 18.2 Å². The molecule has 1 fully saturated rings. The maximum Gasteiger partial charge on any atom is 0.308 e. The molecule has 0 saturated carbocycles. The van der Waals surface area contributed by atoms with Gasteiger partial charge in [-0.1, -0.05) is 17.7 Å². The van der Waals surface area contributed by atoms with Gasteiger partial charge in [-0.05, 0) is 36.4 Å². The van der Waals surface area contributed by atoms with Crippen molar-refractivity contribution in [2.75, 3.05) is 42.9 Å². The van der Waals surface area contributed by atoms with Crippen LogP contribution in [-0.4, -0.2) is 59.6 Å². The van der Waals surface area contributed by atoms with E-state index in [2.05, 4.69) is 20.1 Å². The molecule has 1 aliphatic rings. The van der Waals surface area contributed by atoms with Crippen LogP contribution in [0.5, 0.6) is 0 Å². The van der Waals surface area contributed by atoms with Gasteiger partial charge in [-0.3, -0.25) is 14.5 Å². The number of aromatic nitrogens is 1. The molecule has 0 bridgehead atoms. The Labute approximate surface area is 168 Å². The topological polar surface area (TPSA) is 85.8 Å². The lowest BCUT2D eigenvalue weighted by molar-refractivity contribution is -0.144. The Morgan fingerprint density at radius 2 is 1.82 bits per heavy atom. The molecule has 28 heavy (non-hydrogen) atoms. The van der Waals surface area contributed by atoms with E-state index in [1.165, 1.54) is 0 Å². The molecule has 0 aliphatic carbocycles. The summed E-state index contributed by atoms with van der Waals surface area (Å²) in [6, 6.07) is 12.5. The van der Waals surface area contributed by atoms with E-state index >= 15 is 0 Å². The zero-order valence-corrected chi connectivity index (χ0v) is 16.2. The molecule has 7 nitrogen and oxygen atoms in total. The summed E-state index contributed by atoms with van der Waals surface area (Å²) >= 11 is 5.83. The number of carbonyl (C=O) groups is 2. The molecule has 1 saturated heterocycles. The second-order valence-corrected chi connectivity index (χ2v) is 7.21. The fourth-order valence-electron chi connectivity index (χ4n) is 3.21. The van der Waals surface area contributed by atoms with Gasteiger partial charge in [0.2, 0.25) is 5.91 Å². The first-order chi connectivity index (χ1) is 13.5. The number of halogens is 1. The molecule has 2 N–H and O–H groups in total. The number of hydrogen-bond donors (Lipinski definition) is 2. The molecule has 0 radical (unpaired) electrons. The van der Waals surface area contributed by atoms with Gasteiger partial charge in [0.05, 0.1) is 5.92 Å². The lowest BCUT2D eigenvalue weighted by atomic mass is 10.0. The predicted octanol–water partition coefficient (Wildman–Crippen LogP) is 2.59. The quantitative estimate of drug-likeness (QED) is 0.740. The van der Waals surface area contributed by atoms with Crippen molar-refractivity contribution < 1.29 is 14.7 Å². The second-order valence-electron chi connectivity index (χ2n) is 6.77. The molecule has 1 aromatic carbocycles. The van der Waals surface area contributed by atoms with E-state index in [0.717, 1.165) is 32.0 Å². The van der Waals surface area contributed by atoms with Crippen LogP contribution in [0.3, 0.4) is 0 Å². The molecule has 1 atom stereocenters. The van der Waals surface area contributed by atoms with Gasteiger partial charge >= 0.3 is 5.97 Å². The number of piperazine rings is 1. The van der Waals surface area contributed by atoms with Gasteiger partial charge in [0.25, 0.3) is 0 Å². The highest BCUT2D eigenvalue weighted by molar-refractivity contribution is 6.30. The van der Waals surface area contributed by atoms with Gasteiger partial charge in [0.15, 0.2) is 0 Å². The van der Waals surface area contributed by atoms with Crippen LogP contribution in [0.15, 0.2) is 48.7 Å². The molecule has 2 aromatic rings. The SMILES string of the molecule is O=C(CC(CN1CCN(c2ccccn2)CC1)C(=O)O)Nc1ccc(Cl)cc1. The number of carboxylic acids is 1. The molecule has 1 amide bonds. The summed E-state index contributed by atoms with van der Waals surface area (Å²) < 4.78 is 0. The molecule has 0 spiro atoms. The van der Waals surface area contributed by atoms with Crippen molar-refractivity contribution in [3.8, 4) is 0 Å². The van der Waals surface area contributed by atoms with Crippen LogP contribution < -0.4 is 10.2 Å². The largest absolute Gasteiger partial charge is 0.481 e. The Balaban J connectivity index is 1.50. The van der Waals surface area contributed by atoms with Gasteiger partial charge in [-0.25, -0.2) is 4.98 Å². The molecule has 148 valence electrons.